The molecule has 1 aromatic heterocycles. The molecule has 1 N–H and O–H groups in total. The second-order valence-corrected chi connectivity index (χ2v) is 8.51. The molecule has 1 amide bonds. The van der Waals surface area contributed by atoms with Crippen LogP contribution in [0.2, 0.25) is 0 Å². The number of amides is 1. The molecule has 7 nitrogen and oxygen atoms in total. The van der Waals surface area contributed by atoms with Crippen LogP contribution >= 0.6 is 0 Å². The standard InChI is InChI=1S/C22H23N3O4/c26-17-7-10-25-18(19(17)28-13-14-4-2-1-3-5-14)21(27)24-11-9-22-8-6-15(29-22)12-16(22)20(24)23-25/h1-5,7,10,15-16,20,23H,6,8-9,11-13H2/t15-,16+,20-,22-/m1/s1. The number of piperidine rings is 1. The van der Waals surface area contributed by atoms with Crippen molar-refractivity contribution in [3.8, 4) is 5.75 Å². The highest BCUT2D eigenvalue weighted by atomic mass is 16.5. The van der Waals surface area contributed by atoms with Crippen LogP contribution in [0.3, 0.4) is 0 Å². The molecule has 1 aromatic carbocycles. The minimum atomic E-state index is -0.280. The second kappa shape index (κ2) is 6.10. The summed E-state index contributed by atoms with van der Waals surface area (Å²) in [6.45, 7) is 0.867. The lowest BCUT2D eigenvalue weighted by Crippen LogP contribution is -2.65. The van der Waals surface area contributed by atoms with Crippen LogP contribution in [-0.4, -0.2) is 39.9 Å². The second-order valence-electron chi connectivity index (χ2n) is 8.51. The molecule has 6 rings (SSSR count). The summed E-state index contributed by atoms with van der Waals surface area (Å²) in [6, 6.07) is 11.1. The van der Waals surface area contributed by atoms with Crippen LogP contribution in [0.15, 0.2) is 47.4 Å². The maximum Gasteiger partial charge on any atom is 0.278 e. The highest BCUT2D eigenvalue weighted by Crippen LogP contribution is 2.54. The number of carbonyl (C=O) groups excluding carboxylic acids is 1. The van der Waals surface area contributed by atoms with Gasteiger partial charge in [-0.1, -0.05) is 30.3 Å². The summed E-state index contributed by atoms with van der Waals surface area (Å²) in [4.78, 5) is 27.8. The summed E-state index contributed by atoms with van der Waals surface area (Å²) in [5, 5.41) is 0. The number of benzene rings is 1. The molecule has 3 saturated heterocycles. The Balaban J connectivity index is 1.34. The molecule has 0 unspecified atom stereocenters. The van der Waals surface area contributed by atoms with Crippen molar-refractivity contribution in [2.24, 2.45) is 5.92 Å². The van der Waals surface area contributed by atoms with E-state index >= 15 is 0 Å². The molecule has 4 aliphatic rings. The molecule has 3 fully saturated rings. The normalized spacial score (nSPS) is 31.7. The molecule has 5 heterocycles. The van der Waals surface area contributed by atoms with Crippen molar-refractivity contribution in [1.29, 1.82) is 0 Å². The molecule has 0 radical (unpaired) electrons. The molecule has 1 spiro atoms. The van der Waals surface area contributed by atoms with E-state index in [0.717, 1.165) is 31.2 Å². The quantitative estimate of drug-likeness (QED) is 0.865. The van der Waals surface area contributed by atoms with Crippen LogP contribution in [-0.2, 0) is 11.3 Å². The zero-order valence-corrected chi connectivity index (χ0v) is 16.0. The van der Waals surface area contributed by atoms with Gasteiger partial charge in [-0.15, -0.1) is 0 Å². The Labute approximate surface area is 168 Å². The van der Waals surface area contributed by atoms with Crippen LogP contribution in [0.5, 0.6) is 5.75 Å². The molecule has 4 atom stereocenters. The largest absolute Gasteiger partial charge is 0.482 e. The van der Waals surface area contributed by atoms with Crippen molar-refractivity contribution in [3.05, 3.63) is 64.1 Å². The summed E-state index contributed by atoms with van der Waals surface area (Å²) in [6.07, 6.45) is 5.88. The number of aromatic nitrogens is 1. The molecule has 2 bridgehead atoms. The first-order valence-corrected chi connectivity index (χ1v) is 10.3. The highest BCUT2D eigenvalue weighted by molar-refractivity contribution is 5.96. The van der Waals surface area contributed by atoms with Gasteiger partial charge in [0.05, 0.1) is 11.7 Å². The highest BCUT2D eigenvalue weighted by Gasteiger charge is 2.60. The molecule has 29 heavy (non-hydrogen) atoms. The fourth-order valence-electron chi connectivity index (χ4n) is 5.61. The summed E-state index contributed by atoms with van der Waals surface area (Å²) in [7, 11) is 0. The van der Waals surface area contributed by atoms with Gasteiger partial charge in [-0.2, -0.15) is 0 Å². The Kier molecular flexibility index (Phi) is 3.59. The van der Waals surface area contributed by atoms with E-state index in [1.54, 1.807) is 10.9 Å². The van der Waals surface area contributed by atoms with Crippen LogP contribution in [0.4, 0.5) is 0 Å². The topological polar surface area (TPSA) is 72.8 Å². The van der Waals surface area contributed by atoms with Gasteiger partial charge in [-0.05, 0) is 31.2 Å². The Morgan fingerprint density at radius 1 is 1.17 bits per heavy atom. The molecular weight excluding hydrogens is 370 g/mol. The van der Waals surface area contributed by atoms with Crippen LogP contribution < -0.4 is 15.6 Å². The van der Waals surface area contributed by atoms with E-state index in [-0.39, 0.29) is 47.1 Å². The van der Waals surface area contributed by atoms with E-state index in [2.05, 4.69) is 5.43 Å². The Morgan fingerprint density at radius 3 is 2.86 bits per heavy atom. The van der Waals surface area contributed by atoms with Gasteiger partial charge in [-0.3, -0.25) is 14.3 Å². The maximum absolute atomic E-state index is 13.4. The number of pyridine rings is 1. The van der Waals surface area contributed by atoms with E-state index in [1.807, 2.05) is 35.2 Å². The van der Waals surface area contributed by atoms with Crippen LogP contribution in [0.1, 0.15) is 41.7 Å². The van der Waals surface area contributed by atoms with Gasteiger partial charge < -0.3 is 19.8 Å². The number of nitrogens with zero attached hydrogens (tertiary/aromatic N) is 2. The van der Waals surface area contributed by atoms with Gasteiger partial charge in [0.25, 0.3) is 5.91 Å². The third kappa shape index (κ3) is 2.46. The van der Waals surface area contributed by atoms with Gasteiger partial charge in [0.1, 0.15) is 12.8 Å². The molecule has 0 aliphatic carbocycles. The van der Waals surface area contributed by atoms with E-state index in [1.165, 1.54) is 6.07 Å². The Hall–Kier alpha value is -2.80. The Morgan fingerprint density at radius 2 is 2.03 bits per heavy atom. The fraction of sp³-hybridized carbons (Fsp3) is 0.455. The summed E-state index contributed by atoms with van der Waals surface area (Å²) >= 11 is 0. The van der Waals surface area contributed by atoms with Crippen LogP contribution in [0, 0.1) is 5.92 Å². The predicted octanol–water partition coefficient (Wildman–Crippen LogP) is 2.09. The van der Waals surface area contributed by atoms with Gasteiger partial charge >= 0.3 is 0 Å². The fourth-order valence-corrected chi connectivity index (χ4v) is 5.61. The molecule has 4 aliphatic heterocycles. The number of hydrogen-bond donors (Lipinski definition) is 1. The Bertz CT molecular complexity index is 1040. The third-order valence-corrected chi connectivity index (χ3v) is 6.99. The van der Waals surface area contributed by atoms with Crippen molar-refractivity contribution in [3.63, 3.8) is 0 Å². The maximum atomic E-state index is 13.4. The molecule has 2 aromatic rings. The van der Waals surface area contributed by atoms with Crippen molar-refractivity contribution in [2.45, 2.75) is 50.2 Å². The zero-order chi connectivity index (χ0) is 19.6. The smallest absolute Gasteiger partial charge is 0.278 e. The number of nitrogens with one attached hydrogen (secondary N) is 1. The van der Waals surface area contributed by atoms with Gasteiger partial charge in [0.2, 0.25) is 5.43 Å². The number of hydrogen-bond acceptors (Lipinski definition) is 5. The first kappa shape index (κ1) is 17.1. The van der Waals surface area contributed by atoms with Crippen LogP contribution in [0.25, 0.3) is 0 Å². The van der Waals surface area contributed by atoms with Crippen molar-refractivity contribution >= 4 is 5.91 Å². The average molecular weight is 393 g/mol. The number of rotatable bonds is 3. The lowest BCUT2D eigenvalue weighted by molar-refractivity contribution is -0.0655. The van der Waals surface area contributed by atoms with Gasteiger partial charge in [0, 0.05) is 24.7 Å². The van der Waals surface area contributed by atoms with E-state index in [0.29, 0.717) is 12.6 Å². The predicted molar refractivity (Wildman–Crippen MR) is 105 cm³/mol. The summed E-state index contributed by atoms with van der Waals surface area (Å²) in [5.74, 6) is 0.240. The zero-order valence-electron chi connectivity index (χ0n) is 16.0. The van der Waals surface area contributed by atoms with Crippen molar-refractivity contribution in [1.82, 2.24) is 9.58 Å². The number of carbonyl (C=O) groups is 1. The number of fused-ring (bicyclic) bond motifs is 4. The van der Waals surface area contributed by atoms with E-state index in [4.69, 9.17) is 9.47 Å². The van der Waals surface area contributed by atoms with E-state index in [9.17, 15) is 9.59 Å². The van der Waals surface area contributed by atoms with Gasteiger partial charge in [-0.25, -0.2) is 0 Å². The number of ether oxygens (including phenoxy) is 2. The molecule has 0 saturated carbocycles. The van der Waals surface area contributed by atoms with Gasteiger partial charge in [0.15, 0.2) is 11.4 Å². The molecule has 7 heteroatoms. The summed E-state index contributed by atoms with van der Waals surface area (Å²) < 4.78 is 13.8. The van der Waals surface area contributed by atoms with Crippen molar-refractivity contribution < 1.29 is 14.3 Å². The monoisotopic (exact) mass is 393 g/mol. The van der Waals surface area contributed by atoms with E-state index < -0.39 is 0 Å². The van der Waals surface area contributed by atoms with Crippen molar-refractivity contribution in [2.75, 3.05) is 12.0 Å². The first-order chi connectivity index (χ1) is 14.1. The average Bonchev–Trinajstić information content (AvgIpc) is 3.32. The lowest BCUT2D eigenvalue weighted by Gasteiger charge is -2.51. The molecular formula is C22H23N3O4. The third-order valence-electron chi connectivity index (χ3n) is 6.99. The summed E-state index contributed by atoms with van der Waals surface area (Å²) in [5.41, 5.74) is 4.32. The SMILES string of the molecule is O=C1c2c(OCc3ccccc3)c(=O)ccn2N[C@H]2[C@@H]3C[C@H]4CC[C@]3(CCN12)O4. The minimum Gasteiger partial charge on any atom is -0.482 e. The minimum absolute atomic E-state index is 0.0949. The molecule has 150 valence electrons. The lowest BCUT2D eigenvalue weighted by atomic mass is 9.72. The first-order valence-electron chi connectivity index (χ1n) is 10.3.